The molecule has 0 atom stereocenters. The molecule has 2 heterocycles. The number of piperidine rings is 1. The molecule has 0 bridgehead atoms. The maximum absolute atomic E-state index is 13.4. The fraction of sp³-hybridized carbons (Fsp3) is 0.231. The lowest BCUT2D eigenvalue weighted by atomic mass is 9.82. The summed E-state index contributed by atoms with van der Waals surface area (Å²) < 4.78 is 0. The van der Waals surface area contributed by atoms with Crippen LogP contribution in [0.3, 0.4) is 0 Å². The zero-order valence-electron chi connectivity index (χ0n) is 17.7. The fourth-order valence-electron chi connectivity index (χ4n) is 5.27. The predicted octanol–water partition coefficient (Wildman–Crippen LogP) is 3.87. The average molecular weight is 425 g/mol. The van der Waals surface area contributed by atoms with Crippen LogP contribution in [0.2, 0.25) is 0 Å². The van der Waals surface area contributed by atoms with Crippen molar-refractivity contribution in [2.24, 2.45) is 0 Å². The van der Waals surface area contributed by atoms with E-state index in [-0.39, 0.29) is 17.2 Å². The Morgan fingerprint density at radius 3 is 2.16 bits per heavy atom. The molecule has 32 heavy (non-hydrogen) atoms. The van der Waals surface area contributed by atoms with Gasteiger partial charge in [-0.1, -0.05) is 54.6 Å². The van der Waals surface area contributed by atoms with Gasteiger partial charge in [0.15, 0.2) is 11.6 Å². The molecule has 0 unspecified atom stereocenters. The minimum atomic E-state index is -0.336. The maximum atomic E-state index is 13.4. The van der Waals surface area contributed by atoms with E-state index < -0.39 is 0 Å². The number of fused-ring (bicyclic) bond motifs is 4. The molecule has 0 radical (unpaired) electrons. The van der Waals surface area contributed by atoms with E-state index in [1.54, 1.807) is 30.3 Å². The number of anilines is 3. The summed E-state index contributed by atoms with van der Waals surface area (Å²) in [4.78, 5) is 29.0. The van der Waals surface area contributed by atoms with Gasteiger partial charge in [0.1, 0.15) is 5.66 Å². The third kappa shape index (κ3) is 2.83. The second kappa shape index (κ2) is 6.93. The molecule has 1 fully saturated rings. The molecular formula is C26H24N4O2. The van der Waals surface area contributed by atoms with E-state index in [1.807, 2.05) is 6.07 Å². The molecule has 0 saturated carbocycles. The largest absolute Gasteiger partial charge is 0.398 e. The average Bonchev–Trinajstić information content (AvgIpc) is 3.16. The lowest BCUT2D eigenvalue weighted by Crippen LogP contribution is -2.51. The lowest BCUT2D eigenvalue weighted by Gasteiger charge is -2.40. The van der Waals surface area contributed by atoms with Gasteiger partial charge in [0.25, 0.3) is 0 Å². The molecular weight excluding hydrogens is 400 g/mol. The first-order valence-corrected chi connectivity index (χ1v) is 11.0. The van der Waals surface area contributed by atoms with Crippen molar-refractivity contribution in [2.45, 2.75) is 25.0 Å². The smallest absolute Gasteiger partial charge is 0.196 e. The van der Waals surface area contributed by atoms with Crippen molar-refractivity contribution in [1.29, 1.82) is 0 Å². The van der Waals surface area contributed by atoms with Crippen LogP contribution in [0, 0.1) is 0 Å². The van der Waals surface area contributed by atoms with Crippen molar-refractivity contribution >= 4 is 28.6 Å². The maximum Gasteiger partial charge on any atom is 0.196 e. The molecule has 6 nitrogen and oxygen atoms in total. The molecule has 3 aromatic rings. The number of benzene rings is 3. The summed E-state index contributed by atoms with van der Waals surface area (Å²) in [6.45, 7) is 2.78. The third-order valence-electron chi connectivity index (χ3n) is 6.93. The van der Waals surface area contributed by atoms with Crippen LogP contribution >= 0.6 is 0 Å². The van der Waals surface area contributed by atoms with E-state index in [9.17, 15) is 9.59 Å². The number of carbonyl (C=O) groups excluding carboxylic acids is 2. The molecule has 0 amide bonds. The summed E-state index contributed by atoms with van der Waals surface area (Å²) >= 11 is 0. The number of nitrogen functional groups attached to an aromatic ring is 1. The summed E-state index contributed by atoms with van der Waals surface area (Å²) in [6, 6.07) is 19.3. The number of nitrogens with zero attached hydrogens (tertiary/aromatic N) is 1. The normalized spacial score (nSPS) is 18.5. The van der Waals surface area contributed by atoms with E-state index in [0.29, 0.717) is 33.6 Å². The summed E-state index contributed by atoms with van der Waals surface area (Å²) in [7, 11) is 0. The molecule has 6 heteroatoms. The van der Waals surface area contributed by atoms with Gasteiger partial charge >= 0.3 is 0 Å². The molecule has 1 spiro atoms. The molecule has 160 valence electrons. The van der Waals surface area contributed by atoms with E-state index in [1.165, 1.54) is 5.56 Å². The highest BCUT2D eigenvalue weighted by molar-refractivity contribution is 6.32. The second-order valence-corrected chi connectivity index (χ2v) is 8.94. The minimum Gasteiger partial charge on any atom is -0.398 e. The Kier molecular flexibility index (Phi) is 4.13. The van der Waals surface area contributed by atoms with Crippen LogP contribution in [0.25, 0.3) is 0 Å². The van der Waals surface area contributed by atoms with Crippen LogP contribution in [0.1, 0.15) is 50.2 Å². The first-order chi connectivity index (χ1) is 15.5. The molecule has 0 aromatic heterocycles. The number of hydrogen-bond donors (Lipinski definition) is 3. The zero-order valence-corrected chi connectivity index (χ0v) is 17.7. The van der Waals surface area contributed by atoms with Gasteiger partial charge in [-0.2, -0.15) is 0 Å². The molecule has 1 saturated heterocycles. The third-order valence-corrected chi connectivity index (χ3v) is 6.93. The van der Waals surface area contributed by atoms with Crippen LogP contribution in [0.4, 0.5) is 17.1 Å². The highest BCUT2D eigenvalue weighted by Crippen LogP contribution is 2.47. The quantitative estimate of drug-likeness (QED) is 0.424. The van der Waals surface area contributed by atoms with Gasteiger partial charge in [0.2, 0.25) is 0 Å². The summed E-state index contributed by atoms with van der Waals surface area (Å²) in [5.74, 6) is -0.331. The van der Waals surface area contributed by atoms with Gasteiger partial charge < -0.3 is 16.4 Å². The fourth-order valence-corrected chi connectivity index (χ4v) is 5.27. The Balaban J connectivity index is 1.29. The molecule has 3 aromatic carbocycles. The Morgan fingerprint density at radius 1 is 0.844 bits per heavy atom. The highest BCUT2D eigenvalue weighted by Gasteiger charge is 2.44. The minimum absolute atomic E-state index is 0.147. The number of rotatable bonds is 2. The topological polar surface area (TPSA) is 87.5 Å². The lowest BCUT2D eigenvalue weighted by molar-refractivity contribution is 0.0980. The van der Waals surface area contributed by atoms with Crippen molar-refractivity contribution < 1.29 is 9.59 Å². The zero-order chi connectivity index (χ0) is 21.9. The molecule has 1 aliphatic carbocycles. The molecule has 6 rings (SSSR count). The van der Waals surface area contributed by atoms with Gasteiger partial charge in [0.05, 0.1) is 22.5 Å². The van der Waals surface area contributed by atoms with Crippen molar-refractivity contribution in [2.75, 3.05) is 29.5 Å². The van der Waals surface area contributed by atoms with Gasteiger partial charge in [0, 0.05) is 49.3 Å². The predicted molar refractivity (Wildman–Crippen MR) is 125 cm³/mol. The van der Waals surface area contributed by atoms with Crippen molar-refractivity contribution in [3.63, 3.8) is 0 Å². The van der Waals surface area contributed by atoms with Gasteiger partial charge in [-0.25, -0.2) is 0 Å². The van der Waals surface area contributed by atoms with E-state index >= 15 is 0 Å². The van der Waals surface area contributed by atoms with Crippen LogP contribution in [-0.4, -0.2) is 35.2 Å². The van der Waals surface area contributed by atoms with E-state index in [4.69, 9.17) is 5.73 Å². The first-order valence-electron chi connectivity index (χ1n) is 11.0. The van der Waals surface area contributed by atoms with Crippen LogP contribution in [0.15, 0.2) is 60.7 Å². The summed E-state index contributed by atoms with van der Waals surface area (Å²) in [5.41, 5.74) is 10.7. The molecule has 4 N–H and O–H groups in total. The number of hydrogen-bond acceptors (Lipinski definition) is 6. The molecule has 3 aliphatic rings. The second-order valence-electron chi connectivity index (χ2n) is 8.94. The highest BCUT2D eigenvalue weighted by atomic mass is 16.1. The van der Waals surface area contributed by atoms with E-state index in [2.05, 4.69) is 39.8 Å². The van der Waals surface area contributed by atoms with Crippen molar-refractivity contribution in [3.8, 4) is 0 Å². The monoisotopic (exact) mass is 424 g/mol. The Hall–Kier alpha value is -3.64. The number of nitrogens with one attached hydrogen (secondary N) is 2. The standard InChI is InChI=1S/C26H24N4O2/c27-19-14-20-23(22-21(19)24(31)17-8-4-5-9-18(17)25(22)32)29-26(28-20)10-12-30(13-11-26)15-16-6-2-1-3-7-16/h1-9,14,28-29H,10-13,15,27H2. The van der Waals surface area contributed by atoms with Crippen LogP contribution < -0.4 is 16.4 Å². The van der Waals surface area contributed by atoms with E-state index in [0.717, 1.165) is 38.2 Å². The van der Waals surface area contributed by atoms with Crippen LogP contribution in [0.5, 0.6) is 0 Å². The Bertz CT molecular complexity index is 1260. The van der Waals surface area contributed by atoms with Crippen molar-refractivity contribution in [3.05, 3.63) is 88.5 Å². The number of ketones is 2. The van der Waals surface area contributed by atoms with Crippen LogP contribution in [-0.2, 0) is 6.54 Å². The SMILES string of the molecule is Nc1cc2c(c3c1C(=O)c1ccccc1C3=O)NC1(CCN(Cc3ccccc3)CC1)N2. The van der Waals surface area contributed by atoms with Gasteiger partial charge in [-0.05, 0) is 11.6 Å². The van der Waals surface area contributed by atoms with Crippen molar-refractivity contribution in [1.82, 2.24) is 4.90 Å². The number of carbonyl (C=O) groups is 2. The first kappa shape index (κ1) is 19.1. The number of nitrogens with two attached hydrogens (primary N) is 1. The Morgan fingerprint density at radius 2 is 1.47 bits per heavy atom. The number of likely N-dealkylation sites (tertiary alicyclic amines) is 1. The van der Waals surface area contributed by atoms with Gasteiger partial charge in [-0.3, -0.25) is 14.5 Å². The summed E-state index contributed by atoms with van der Waals surface area (Å²) in [6.07, 6.45) is 1.75. The Labute approximate surface area is 186 Å². The summed E-state index contributed by atoms with van der Waals surface area (Å²) in [5, 5.41) is 7.21. The molecule has 2 aliphatic heterocycles. The van der Waals surface area contributed by atoms with Gasteiger partial charge in [-0.15, -0.1) is 0 Å².